The molecule has 0 N–H and O–H groups in total. The first-order valence-electron chi connectivity index (χ1n) is 7.36. The Hall–Kier alpha value is -2.34. The van der Waals surface area contributed by atoms with Gasteiger partial charge in [-0.1, -0.05) is 30.3 Å². The summed E-state index contributed by atoms with van der Waals surface area (Å²) in [5, 5.41) is 0.228. The number of hydrogen-bond donors (Lipinski definition) is 0. The fourth-order valence-corrected chi connectivity index (χ4v) is 2.96. The smallest absolute Gasteiger partial charge is 0.309 e. The highest BCUT2D eigenvalue weighted by Gasteiger charge is 2.17. The second kappa shape index (κ2) is 6.04. The van der Waals surface area contributed by atoms with Crippen molar-refractivity contribution in [2.24, 2.45) is 14.1 Å². The van der Waals surface area contributed by atoms with Crippen molar-refractivity contribution in [2.75, 3.05) is 0 Å². The van der Waals surface area contributed by atoms with E-state index in [4.69, 9.17) is 11.6 Å². The minimum absolute atomic E-state index is 0.228. The molecular formula is C16H17ClN4O2. The zero-order valence-electron chi connectivity index (χ0n) is 13.0. The van der Waals surface area contributed by atoms with Crippen LogP contribution in [0.4, 0.5) is 0 Å². The van der Waals surface area contributed by atoms with Gasteiger partial charge in [-0.2, -0.15) is 4.98 Å². The highest BCUT2D eigenvalue weighted by molar-refractivity contribution is 6.29. The number of imidazole rings is 1. The van der Waals surface area contributed by atoms with Gasteiger partial charge in [-0.15, -0.1) is 0 Å². The molecule has 3 aromatic rings. The van der Waals surface area contributed by atoms with Crippen LogP contribution < -0.4 is 11.2 Å². The quantitative estimate of drug-likeness (QED) is 0.683. The molecule has 0 saturated carbocycles. The van der Waals surface area contributed by atoms with Crippen molar-refractivity contribution in [3.63, 3.8) is 0 Å². The van der Waals surface area contributed by atoms with E-state index in [1.165, 1.54) is 17.2 Å². The van der Waals surface area contributed by atoms with Crippen LogP contribution in [0.15, 0.2) is 39.9 Å². The molecule has 23 heavy (non-hydrogen) atoms. The SMILES string of the molecule is Cn1c(=O)c2c(nc(Cl)n2CCCc2ccccc2)n(C)c1=O. The Morgan fingerprint density at radius 3 is 2.48 bits per heavy atom. The molecule has 7 heteroatoms. The number of hydrogen-bond acceptors (Lipinski definition) is 3. The highest BCUT2D eigenvalue weighted by Crippen LogP contribution is 2.16. The molecule has 2 aromatic heterocycles. The maximum Gasteiger partial charge on any atom is 0.332 e. The zero-order chi connectivity index (χ0) is 16.6. The Balaban J connectivity index is 1.97. The van der Waals surface area contributed by atoms with E-state index in [9.17, 15) is 9.59 Å². The molecular weight excluding hydrogens is 316 g/mol. The molecule has 0 saturated heterocycles. The molecule has 0 amide bonds. The molecule has 120 valence electrons. The zero-order valence-corrected chi connectivity index (χ0v) is 13.7. The van der Waals surface area contributed by atoms with Crippen LogP contribution in [0.5, 0.6) is 0 Å². The van der Waals surface area contributed by atoms with Gasteiger partial charge in [0.15, 0.2) is 11.2 Å². The van der Waals surface area contributed by atoms with Gasteiger partial charge in [-0.3, -0.25) is 13.9 Å². The van der Waals surface area contributed by atoms with Gasteiger partial charge in [0.25, 0.3) is 5.56 Å². The van der Waals surface area contributed by atoms with E-state index in [2.05, 4.69) is 17.1 Å². The Morgan fingerprint density at radius 1 is 1.09 bits per heavy atom. The number of aromatic nitrogens is 4. The number of rotatable bonds is 4. The van der Waals surface area contributed by atoms with E-state index in [1.807, 2.05) is 18.2 Å². The average molecular weight is 333 g/mol. The largest absolute Gasteiger partial charge is 0.332 e. The second-order valence-electron chi connectivity index (χ2n) is 5.50. The van der Waals surface area contributed by atoms with Gasteiger partial charge in [0.05, 0.1) is 0 Å². The van der Waals surface area contributed by atoms with E-state index < -0.39 is 5.69 Å². The summed E-state index contributed by atoms with van der Waals surface area (Å²) >= 11 is 6.19. The van der Waals surface area contributed by atoms with Crippen LogP contribution >= 0.6 is 11.6 Å². The van der Waals surface area contributed by atoms with Crippen LogP contribution in [0.25, 0.3) is 11.2 Å². The Morgan fingerprint density at radius 2 is 1.78 bits per heavy atom. The molecule has 0 fully saturated rings. The standard InChI is InChI=1S/C16H17ClN4O2/c1-19-13-12(14(22)20(2)16(19)23)21(15(17)18-13)10-6-9-11-7-4-3-5-8-11/h3-5,7-8H,6,9-10H2,1-2H3. The lowest BCUT2D eigenvalue weighted by molar-refractivity contribution is 0.648. The first kappa shape index (κ1) is 15.6. The van der Waals surface area contributed by atoms with E-state index in [1.54, 1.807) is 11.6 Å². The van der Waals surface area contributed by atoms with E-state index in [0.717, 1.165) is 17.4 Å². The van der Waals surface area contributed by atoms with Gasteiger partial charge in [0.1, 0.15) is 0 Å². The minimum atomic E-state index is -0.409. The summed E-state index contributed by atoms with van der Waals surface area (Å²) in [6.45, 7) is 0.567. The Labute approximate surface area is 137 Å². The van der Waals surface area contributed by atoms with Crippen molar-refractivity contribution < 1.29 is 0 Å². The number of benzene rings is 1. The van der Waals surface area contributed by atoms with Gasteiger partial charge in [-0.05, 0) is 30.0 Å². The van der Waals surface area contributed by atoms with Crippen molar-refractivity contribution >= 4 is 22.8 Å². The summed E-state index contributed by atoms with van der Waals surface area (Å²) in [7, 11) is 3.04. The molecule has 0 unspecified atom stereocenters. The molecule has 0 aliphatic carbocycles. The van der Waals surface area contributed by atoms with Crippen LogP contribution in [0.1, 0.15) is 12.0 Å². The predicted molar refractivity (Wildman–Crippen MR) is 90.0 cm³/mol. The molecule has 0 aliphatic rings. The lowest BCUT2D eigenvalue weighted by Gasteiger charge is -2.07. The maximum absolute atomic E-state index is 12.4. The fourth-order valence-electron chi connectivity index (χ4n) is 2.71. The lowest BCUT2D eigenvalue weighted by atomic mass is 10.1. The van der Waals surface area contributed by atoms with Crippen molar-refractivity contribution in [1.82, 2.24) is 18.7 Å². The molecule has 1 aromatic carbocycles. The van der Waals surface area contributed by atoms with E-state index >= 15 is 0 Å². The van der Waals surface area contributed by atoms with Crippen molar-refractivity contribution in [3.8, 4) is 0 Å². The van der Waals surface area contributed by atoms with Gasteiger partial charge in [0.2, 0.25) is 5.28 Å². The topological polar surface area (TPSA) is 61.8 Å². The van der Waals surface area contributed by atoms with Gasteiger partial charge >= 0.3 is 5.69 Å². The first-order valence-corrected chi connectivity index (χ1v) is 7.74. The van der Waals surface area contributed by atoms with Crippen LogP contribution in [-0.2, 0) is 27.1 Å². The van der Waals surface area contributed by atoms with Crippen LogP contribution in [0.3, 0.4) is 0 Å². The van der Waals surface area contributed by atoms with Gasteiger partial charge in [0, 0.05) is 20.6 Å². The molecule has 2 heterocycles. The molecule has 3 rings (SSSR count). The first-order chi connectivity index (χ1) is 11.0. The third-order valence-electron chi connectivity index (χ3n) is 3.99. The van der Waals surface area contributed by atoms with Crippen LogP contribution in [0.2, 0.25) is 5.28 Å². The normalized spacial score (nSPS) is 11.3. The highest BCUT2D eigenvalue weighted by atomic mass is 35.5. The maximum atomic E-state index is 12.4. The summed E-state index contributed by atoms with van der Waals surface area (Å²) in [6.07, 6.45) is 1.70. The molecule has 0 bridgehead atoms. The Kier molecular flexibility index (Phi) is 4.09. The molecule has 0 atom stereocenters. The fraction of sp³-hybridized carbons (Fsp3) is 0.312. The third kappa shape index (κ3) is 2.70. The molecule has 0 aliphatic heterocycles. The van der Waals surface area contributed by atoms with Crippen LogP contribution in [-0.4, -0.2) is 18.7 Å². The second-order valence-corrected chi connectivity index (χ2v) is 5.84. The van der Waals surface area contributed by atoms with Crippen molar-refractivity contribution in [2.45, 2.75) is 19.4 Å². The minimum Gasteiger partial charge on any atom is -0.309 e. The van der Waals surface area contributed by atoms with E-state index in [0.29, 0.717) is 17.7 Å². The average Bonchev–Trinajstić information content (AvgIpc) is 2.89. The van der Waals surface area contributed by atoms with Gasteiger partial charge < -0.3 is 4.57 Å². The molecule has 0 spiro atoms. The summed E-state index contributed by atoms with van der Waals surface area (Å²) < 4.78 is 4.10. The third-order valence-corrected chi connectivity index (χ3v) is 4.28. The number of halogens is 1. The number of aryl methyl sites for hydroxylation is 3. The van der Waals surface area contributed by atoms with E-state index in [-0.39, 0.29) is 10.8 Å². The van der Waals surface area contributed by atoms with Crippen molar-refractivity contribution in [3.05, 3.63) is 62.0 Å². The number of nitrogens with zero attached hydrogens (tertiary/aromatic N) is 4. The summed E-state index contributed by atoms with van der Waals surface area (Å²) in [6, 6.07) is 10.1. The Bertz CT molecular complexity index is 970. The number of fused-ring (bicyclic) bond motifs is 1. The summed E-state index contributed by atoms with van der Waals surface area (Å²) in [5.74, 6) is 0. The summed E-state index contributed by atoms with van der Waals surface area (Å²) in [5.41, 5.74) is 1.14. The molecule has 6 nitrogen and oxygen atoms in total. The lowest BCUT2D eigenvalue weighted by Crippen LogP contribution is -2.37. The predicted octanol–water partition coefficient (Wildman–Crippen LogP) is 1.72. The van der Waals surface area contributed by atoms with Crippen molar-refractivity contribution in [1.29, 1.82) is 0 Å². The summed E-state index contributed by atoms with van der Waals surface area (Å²) in [4.78, 5) is 28.5. The van der Waals surface area contributed by atoms with Gasteiger partial charge in [-0.25, -0.2) is 4.79 Å². The van der Waals surface area contributed by atoms with Crippen LogP contribution in [0, 0.1) is 0 Å². The monoisotopic (exact) mass is 332 g/mol. The molecule has 0 radical (unpaired) electrons.